The number of carbonyl (C=O) groups is 1. The number of fused-ring (bicyclic) bond motifs is 1. The quantitative estimate of drug-likeness (QED) is 0.448. The number of alkyl halides is 2. The number of amides is 1. The van der Waals surface area contributed by atoms with E-state index in [1.807, 2.05) is 0 Å². The number of carbonyl (C=O) groups excluding carboxylic acids is 1. The molecule has 11 nitrogen and oxygen atoms in total. The molecule has 4 N–H and O–H groups in total. The Morgan fingerprint density at radius 2 is 2.08 bits per heavy atom. The van der Waals surface area contributed by atoms with Gasteiger partial charge >= 0.3 is 6.29 Å². The molecule has 0 bridgehead atoms. The number of aryl methyl sites for hydroxylation is 1. The highest BCUT2D eigenvalue weighted by Crippen LogP contribution is 2.41. The van der Waals surface area contributed by atoms with Gasteiger partial charge < -0.3 is 30.7 Å². The maximum atomic E-state index is 13.3. The number of benzene rings is 1. The first-order valence-corrected chi connectivity index (χ1v) is 11.5. The van der Waals surface area contributed by atoms with Gasteiger partial charge in [0.25, 0.3) is 5.91 Å². The summed E-state index contributed by atoms with van der Waals surface area (Å²) in [7, 11) is 1.78. The van der Waals surface area contributed by atoms with Crippen LogP contribution in [0.5, 0.6) is 11.5 Å². The molecule has 0 aliphatic carbocycles. The van der Waals surface area contributed by atoms with Gasteiger partial charge in [-0.2, -0.15) is 5.10 Å². The van der Waals surface area contributed by atoms with Crippen molar-refractivity contribution >= 4 is 23.2 Å². The highest BCUT2D eigenvalue weighted by molar-refractivity contribution is 5.96. The number of nitrogens with two attached hydrogens (primary N) is 1. The molecule has 1 fully saturated rings. The number of primary amides is 1. The molecule has 3 aromatic rings. The largest absolute Gasteiger partial charge is 0.586 e. The first-order valence-electron chi connectivity index (χ1n) is 11.5. The van der Waals surface area contributed by atoms with E-state index in [0.29, 0.717) is 18.1 Å². The van der Waals surface area contributed by atoms with E-state index in [1.165, 1.54) is 6.07 Å². The summed E-state index contributed by atoms with van der Waals surface area (Å²) in [6, 6.07) is 4.90. The Balaban J connectivity index is 1.30. The first kappa shape index (κ1) is 23.7. The molecular formula is C23H26F2N8O3. The van der Waals surface area contributed by atoms with Gasteiger partial charge in [-0.25, -0.2) is 9.97 Å². The third-order valence-corrected chi connectivity index (χ3v) is 6.28. The van der Waals surface area contributed by atoms with Crippen LogP contribution in [0.2, 0.25) is 0 Å². The number of anilines is 3. The van der Waals surface area contributed by atoms with Crippen LogP contribution in [-0.4, -0.2) is 50.6 Å². The van der Waals surface area contributed by atoms with Crippen LogP contribution in [0.1, 0.15) is 35.8 Å². The maximum Gasteiger partial charge on any atom is 0.586 e. The van der Waals surface area contributed by atoms with Gasteiger partial charge in [-0.15, -0.1) is 8.78 Å². The predicted octanol–water partition coefficient (Wildman–Crippen LogP) is 2.52. The topological polar surface area (TPSA) is 132 Å². The maximum absolute atomic E-state index is 13.3. The van der Waals surface area contributed by atoms with Gasteiger partial charge in [0.1, 0.15) is 5.82 Å². The standard InChI is InChI=1S/C23H26F2N8O3/c1-13-16(27-9-14-5-6-17-18(8-14)36-23(24,25)35-17)4-3-7-33(13)19-11-28-20(21(26)34)22(31-19)30-15-10-29-32(2)12-15/h5-6,8,10-13,16,27H,3-4,7,9H2,1-2H3,(H2,26,34)(H,30,31)/t13-,16-/m1/s1. The fourth-order valence-corrected chi connectivity index (χ4v) is 4.50. The van der Waals surface area contributed by atoms with Crippen molar-refractivity contribution in [2.75, 3.05) is 16.8 Å². The fourth-order valence-electron chi connectivity index (χ4n) is 4.50. The molecule has 5 rings (SSSR count). The minimum atomic E-state index is -3.64. The van der Waals surface area contributed by atoms with Crippen LogP contribution >= 0.6 is 0 Å². The van der Waals surface area contributed by atoms with E-state index in [0.717, 1.165) is 24.9 Å². The molecule has 4 heterocycles. The molecule has 2 aromatic heterocycles. The van der Waals surface area contributed by atoms with Gasteiger partial charge in [-0.1, -0.05) is 6.07 Å². The summed E-state index contributed by atoms with van der Waals surface area (Å²) < 4.78 is 37.3. The third-order valence-electron chi connectivity index (χ3n) is 6.28. The number of rotatable bonds is 7. The minimum absolute atomic E-state index is 0.0228. The van der Waals surface area contributed by atoms with Crippen LogP contribution in [0.15, 0.2) is 36.8 Å². The Morgan fingerprint density at radius 3 is 2.83 bits per heavy atom. The summed E-state index contributed by atoms with van der Waals surface area (Å²) in [4.78, 5) is 23.0. The van der Waals surface area contributed by atoms with Crippen molar-refractivity contribution in [1.82, 2.24) is 25.1 Å². The molecule has 0 spiro atoms. The number of nitrogens with one attached hydrogen (secondary N) is 2. The summed E-state index contributed by atoms with van der Waals surface area (Å²) in [5.41, 5.74) is 7.00. The number of nitrogens with zero attached hydrogens (tertiary/aromatic N) is 5. The van der Waals surface area contributed by atoms with E-state index in [-0.39, 0.29) is 35.1 Å². The van der Waals surface area contributed by atoms with Crippen molar-refractivity contribution < 1.29 is 23.0 Å². The Bertz CT molecular complexity index is 1280. The van der Waals surface area contributed by atoms with E-state index in [1.54, 1.807) is 42.5 Å². The molecule has 2 aliphatic rings. The number of ether oxygens (including phenoxy) is 2. The van der Waals surface area contributed by atoms with Crippen LogP contribution in [0.25, 0.3) is 0 Å². The molecule has 190 valence electrons. The molecule has 36 heavy (non-hydrogen) atoms. The zero-order chi connectivity index (χ0) is 25.4. The molecule has 0 saturated carbocycles. The molecule has 2 atom stereocenters. The van der Waals surface area contributed by atoms with Gasteiger partial charge in [0.15, 0.2) is 23.0 Å². The second-order valence-corrected chi connectivity index (χ2v) is 8.83. The number of hydrogen-bond acceptors (Lipinski definition) is 9. The lowest BCUT2D eigenvalue weighted by Gasteiger charge is -2.40. The van der Waals surface area contributed by atoms with E-state index in [2.05, 4.69) is 47.0 Å². The molecule has 2 aliphatic heterocycles. The van der Waals surface area contributed by atoms with Crippen molar-refractivity contribution in [2.24, 2.45) is 12.8 Å². The van der Waals surface area contributed by atoms with Gasteiger partial charge in [0, 0.05) is 38.4 Å². The average molecular weight is 501 g/mol. The number of piperidine rings is 1. The van der Waals surface area contributed by atoms with Crippen LogP contribution in [0.3, 0.4) is 0 Å². The van der Waals surface area contributed by atoms with Crippen molar-refractivity contribution in [1.29, 1.82) is 0 Å². The smallest absolute Gasteiger partial charge is 0.395 e. The third kappa shape index (κ3) is 4.87. The summed E-state index contributed by atoms with van der Waals surface area (Å²) >= 11 is 0. The van der Waals surface area contributed by atoms with Gasteiger partial charge in [0.05, 0.1) is 18.1 Å². The lowest BCUT2D eigenvalue weighted by atomic mass is 9.97. The van der Waals surface area contributed by atoms with Crippen molar-refractivity contribution in [2.45, 2.75) is 44.7 Å². The van der Waals surface area contributed by atoms with Crippen LogP contribution in [0, 0.1) is 0 Å². The van der Waals surface area contributed by atoms with Crippen LogP contribution < -0.4 is 30.7 Å². The number of hydrogen-bond donors (Lipinski definition) is 3. The monoisotopic (exact) mass is 500 g/mol. The summed E-state index contributed by atoms with van der Waals surface area (Å²) in [5, 5.41) is 10.7. The molecule has 0 radical (unpaired) electrons. The highest BCUT2D eigenvalue weighted by atomic mass is 19.3. The fraction of sp³-hybridized carbons (Fsp3) is 0.391. The van der Waals surface area contributed by atoms with E-state index >= 15 is 0 Å². The second kappa shape index (κ2) is 9.22. The Kier molecular flexibility index (Phi) is 6.08. The van der Waals surface area contributed by atoms with Crippen molar-refractivity contribution in [3.8, 4) is 11.5 Å². The summed E-state index contributed by atoms with van der Waals surface area (Å²) in [6.07, 6.45) is 3.10. The summed E-state index contributed by atoms with van der Waals surface area (Å²) in [6.45, 7) is 3.30. The Labute approximate surface area is 205 Å². The van der Waals surface area contributed by atoms with Gasteiger partial charge in [0.2, 0.25) is 0 Å². The van der Waals surface area contributed by atoms with Gasteiger partial charge in [-0.05, 0) is 37.5 Å². The number of aromatic nitrogens is 4. The van der Waals surface area contributed by atoms with E-state index < -0.39 is 12.2 Å². The first-order chi connectivity index (χ1) is 17.2. The SMILES string of the molecule is C[C@@H]1[C@H](NCc2ccc3c(c2)OC(F)(F)O3)CCCN1c1cnc(C(N)=O)c(Nc2cnn(C)c2)n1. The average Bonchev–Trinajstić information content (AvgIpc) is 3.38. The minimum Gasteiger partial charge on any atom is -0.395 e. The van der Waals surface area contributed by atoms with E-state index in [9.17, 15) is 13.6 Å². The Hall–Kier alpha value is -4.00. The molecule has 1 saturated heterocycles. The molecule has 0 unspecified atom stereocenters. The van der Waals surface area contributed by atoms with Crippen molar-refractivity contribution in [3.63, 3.8) is 0 Å². The summed E-state index contributed by atoms with van der Waals surface area (Å²) in [5.74, 6) is 0.224. The zero-order valence-corrected chi connectivity index (χ0v) is 19.7. The second-order valence-electron chi connectivity index (χ2n) is 8.83. The highest BCUT2D eigenvalue weighted by Gasteiger charge is 2.43. The molecular weight excluding hydrogens is 474 g/mol. The zero-order valence-electron chi connectivity index (χ0n) is 19.7. The lowest BCUT2D eigenvalue weighted by Crippen LogP contribution is -2.52. The molecule has 13 heteroatoms. The van der Waals surface area contributed by atoms with E-state index in [4.69, 9.17) is 5.73 Å². The van der Waals surface area contributed by atoms with Crippen LogP contribution in [-0.2, 0) is 13.6 Å². The number of halogens is 2. The lowest BCUT2D eigenvalue weighted by molar-refractivity contribution is -0.286. The van der Waals surface area contributed by atoms with Crippen molar-refractivity contribution in [3.05, 3.63) is 48.0 Å². The predicted molar refractivity (Wildman–Crippen MR) is 126 cm³/mol. The Morgan fingerprint density at radius 1 is 1.28 bits per heavy atom. The van der Waals surface area contributed by atoms with Gasteiger partial charge in [-0.3, -0.25) is 9.48 Å². The van der Waals surface area contributed by atoms with Crippen LogP contribution in [0.4, 0.5) is 26.1 Å². The molecule has 1 amide bonds. The normalized spacial score (nSPS) is 20.4. The molecule has 1 aromatic carbocycles.